The molecule has 0 spiro atoms. The lowest BCUT2D eigenvalue weighted by molar-refractivity contribution is -0.137. The summed E-state index contributed by atoms with van der Waals surface area (Å²) in [4.78, 5) is 28.7. The van der Waals surface area contributed by atoms with Gasteiger partial charge in [0.05, 0.1) is 5.56 Å². The van der Waals surface area contributed by atoms with Crippen LogP contribution >= 0.6 is 0 Å². The number of halogens is 3. The molecule has 1 atom stereocenters. The average molecular weight is 344 g/mol. The summed E-state index contributed by atoms with van der Waals surface area (Å²) in [5, 5.41) is 5.21. The molecule has 1 fully saturated rings. The van der Waals surface area contributed by atoms with Crippen LogP contribution in [0.1, 0.15) is 25.3 Å². The van der Waals surface area contributed by atoms with Crippen LogP contribution in [0.25, 0.3) is 0 Å². The third kappa shape index (κ3) is 4.36. The number of aromatic nitrogens is 1. The Morgan fingerprint density at radius 3 is 2.79 bits per heavy atom. The van der Waals surface area contributed by atoms with E-state index in [0.29, 0.717) is 13.0 Å². The van der Waals surface area contributed by atoms with Gasteiger partial charge in [0.25, 0.3) is 0 Å². The second kappa shape index (κ2) is 7.50. The zero-order valence-corrected chi connectivity index (χ0v) is 13.2. The number of nitrogens with one attached hydrogen (secondary N) is 2. The summed E-state index contributed by atoms with van der Waals surface area (Å²) in [6.45, 7) is 2.19. The molecule has 2 heterocycles. The number of nitrogens with zero attached hydrogens (tertiary/aromatic N) is 2. The molecule has 1 aliphatic heterocycles. The lowest BCUT2D eigenvalue weighted by Gasteiger charge is -2.22. The normalized spacial score (nSPS) is 17.7. The number of hydrogen-bond donors (Lipinski definition) is 2. The van der Waals surface area contributed by atoms with E-state index in [0.717, 1.165) is 12.5 Å². The first-order valence-electron chi connectivity index (χ1n) is 7.61. The molecule has 24 heavy (non-hydrogen) atoms. The van der Waals surface area contributed by atoms with Crippen LogP contribution in [-0.4, -0.2) is 47.4 Å². The van der Waals surface area contributed by atoms with Gasteiger partial charge in [0.2, 0.25) is 11.8 Å². The summed E-state index contributed by atoms with van der Waals surface area (Å²) < 4.78 is 38.5. The standard InChI is InChI=1S/C15H19F3N4O2/c1-10(23)22-9-3-5-12(22)14(24)21-8-7-20-13-11(15(16,17)18)4-2-6-19-13/h2,4,6,12H,3,5,7-9H2,1H3,(H,19,20)(H,21,24)/t12-/m0/s1. The van der Waals surface area contributed by atoms with E-state index in [2.05, 4.69) is 15.6 Å². The van der Waals surface area contributed by atoms with Gasteiger partial charge in [-0.15, -0.1) is 0 Å². The first kappa shape index (κ1) is 18.0. The molecule has 9 heteroatoms. The Morgan fingerprint density at radius 2 is 2.12 bits per heavy atom. The zero-order chi connectivity index (χ0) is 17.7. The summed E-state index contributed by atoms with van der Waals surface area (Å²) >= 11 is 0. The van der Waals surface area contributed by atoms with Crippen molar-refractivity contribution in [1.29, 1.82) is 0 Å². The van der Waals surface area contributed by atoms with Crippen molar-refractivity contribution in [3.8, 4) is 0 Å². The number of likely N-dealkylation sites (tertiary alicyclic amines) is 1. The number of anilines is 1. The van der Waals surface area contributed by atoms with Crippen molar-refractivity contribution in [3.63, 3.8) is 0 Å². The number of rotatable bonds is 5. The molecule has 2 amide bonds. The number of alkyl halides is 3. The van der Waals surface area contributed by atoms with Gasteiger partial charge < -0.3 is 15.5 Å². The third-order valence-electron chi connectivity index (χ3n) is 3.79. The van der Waals surface area contributed by atoms with E-state index in [-0.39, 0.29) is 30.7 Å². The molecule has 2 N–H and O–H groups in total. The third-order valence-corrected chi connectivity index (χ3v) is 3.79. The quantitative estimate of drug-likeness (QED) is 0.797. The predicted octanol–water partition coefficient (Wildman–Crippen LogP) is 1.64. The topological polar surface area (TPSA) is 74.3 Å². The van der Waals surface area contributed by atoms with Crippen molar-refractivity contribution in [2.45, 2.75) is 32.0 Å². The zero-order valence-electron chi connectivity index (χ0n) is 13.2. The first-order valence-corrected chi connectivity index (χ1v) is 7.61. The van der Waals surface area contributed by atoms with Gasteiger partial charge in [0, 0.05) is 32.8 Å². The van der Waals surface area contributed by atoms with Gasteiger partial charge in [-0.05, 0) is 25.0 Å². The molecule has 0 saturated carbocycles. The fourth-order valence-corrected chi connectivity index (χ4v) is 2.68. The Hall–Kier alpha value is -2.32. The van der Waals surface area contributed by atoms with Crippen molar-refractivity contribution in [2.24, 2.45) is 0 Å². The van der Waals surface area contributed by atoms with Crippen molar-refractivity contribution in [2.75, 3.05) is 25.0 Å². The highest BCUT2D eigenvalue weighted by Crippen LogP contribution is 2.33. The van der Waals surface area contributed by atoms with E-state index in [9.17, 15) is 22.8 Å². The Balaban J connectivity index is 1.83. The Morgan fingerprint density at radius 1 is 1.38 bits per heavy atom. The van der Waals surface area contributed by atoms with Crippen LogP contribution in [0.5, 0.6) is 0 Å². The molecule has 0 aromatic carbocycles. The van der Waals surface area contributed by atoms with Crippen LogP contribution in [0.4, 0.5) is 19.0 Å². The van der Waals surface area contributed by atoms with Gasteiger partial charge in [-0.3, -0.25) is 9.59 Å². The molecule has 6 nitrogen and oxygen atoms in total. The maximum Gasteiger partial charge on any atom is 0.419 e. The molecule has 132 valence electrons. The number of hydrogen-bond acceptors (Lipinski definition) is 4. The van der Waals surface area contributed by atoms with Gasteiger partial charge >= 0.3 is 6.18 Å². The van der Waals surface area contributed by atoms with E-state index in [1.807, 2.05) is 0 Å². The largest absolute Gasteiger partial charge is 0.419 e. The smallest absolute Gasteiger partial charge is 0.368 e. The minimum atomic E-state index is -4.49. The number of amides is 2. The van der Waals surface area contributed by atoms with Crippen LogP contribution < -0.4 is 10.6 Å². The Kier molecular flexibility index (Phi) is 5.63. The summed E-state index contributed by atoms with van der Waals surface area (Å²) in [5.41, 5.74) is -0.852. The summed E-state index contributed by atoms with van der Waals surface area (Å²) in [6.07, 6.45) is -1.87. The monoisotopic (exact) mass is 344 g/mol. The molecule has 0 radical (unpaired) electrons. The molecule has 0 unspecified atom stereocenters. The molecule has 1 saturated heterocycles. The minimum absolute atomic E-state index is 0.0959. The second-order valence-electron chi connectivity index (χ2n) is 5.49. The molecule has 1 aromatic rings. The fourth-order valence-electron chi connectivity index (χ4n) is 2.68. The van der Waals surface area contributed by atoms with E-state index in [1.165, 1.54) is 24.1 Å². The summed E-state index contributed by atoms with van der Waals surface area (Å²) in [7, 11) is 0. The first-order chi connectivity index (χ1) is 11.3. The summed E-state index contributed by atoms with van der Waals surface area (Å²) in [6, 6.07) is 1.66. The molecule has 0 bridgehead atoms. The number of pyridine rings is 1. The van der Waals surface area contributed by atoms with E-state index < -0.39 is 17.8 Å². The van der Waals surface area contributed by atoms with Crippen molar-refractivity contribution >= 4 is 17.6 Å². The van der Waals surface area contributed by atoms with Crippen LogP contribution in [0.15, 0.2) is 18.3 Å². The summed E-state index contributed by atoms with van der Waals surface area (Å²) in [5.74, 6) is -0.721. The highest BCUT2D eigenvalue weighted by Gasteiger charge is 2.34. The van der Waals surface area contributed by atoms with Gasteiger partial charge in [0.1, 0.15) is 11.9 Å². The minimum Gasteiger partial charge on any atom is -0.368 e. The van der Waals surface area contributed by atoms with Gasteiger partial charge in [-0.1, -0.05) is 0 Å². The maximum atomic E-state index is 12.8. The molecular formula is C15H19F3N4O2. The average Bonchev–Trinajstić information content (AvgIpc) is 3.00. The number of carbonyl (C=O) groups excluding carboxylic acids is 2. The van der Waals surface area contributed by atoms with Gasteiger partial charge in [-0.2, -0.15) is 13.2 Å². The number of carbonyl (C=O) groups is 2. The molecular weight excluding hydrogens is 325 g/mol. The Labute approximate surface area is 137 Å². The SMILES string of the molecule is CC(=O)N1CCC[C@H]1C(=O)NCCNc1ncccc1C(F)(F)F. The molecule has 1 aromatic heterocycles. The lowest BCUT2D eigenvalue weighted by Crippen LogP contribution is -2.46. The van der Waals surface area contributed by atoms with E-state index in [1.54, 1.807) is 0 Å². The maximum absolute atomic E-state index is 12.8. The van der Waals surface area contributed by atoms with Crippen LogP contribution in [0.2, 0.25) is 0 Å². The van der Waals surface area contributed by atoms with Gasteiger partial charge in [-0.25, -0.2) is 4.98 Å². The van der Waals surface area contributed by atoms with Crippen molar-refractivity contribution in [3.05, 3.63) is 23.9 Å². The van der Waals surface area contributed by atoms with E-state index >= 15 is 0 Å². The second-order valence-corrected chi connectivity index (χ2v) is 5.49. The lowest BCUT2D eigenvalue weighted by atomic mass is 10.2. The van der Waals surface area contributed by atoms with Gasteiger partial charge in [0.15, 0.2) is 0 Å². The fraction of sp³-hybridized carbons (Fsp3) is 0.533. The van der Waals surface area contributed by atoms with Crippen molar-refractivity contribution in [1.82, 2.24) is 15.2 Å². The van der Waals surface area contributed by atoms with Crippen LogP contribution in [-0.2, 0) is 15.8 Å². The van der Waals surface area contributed by atoms with Crippen LogP contribution in [0.3, 0.4) is 0 Å². The highest BCUT2D eigenvalue weighted by atomic mass is 19.4. The van der Waals surface area contributed by atoms with Crippen molar-refractivity contribution < 1.29 is 22.8 Å². The highest BCUT2D eigenvalue weighted by molar-refractivity contribution is 5.87. The van der Waals surface area contributed by atoms with Crippen LogP contribution in [0, 0.1) is 0 Å². The van der Waals surface area contributed by atoms with E-state index in [4.69, 9.17) is 0 Å². The Bertz CT molecular complexity index is 607. The predicted molar refractivity (Wildman–Crippen MR) is 81.1 cm³/mol. The molecule has 0 aliphatic carbocycles. The molecule has 1 aliphatic rings. The molecule has 2 rings (SSSR count).